The van der Waals surface area contributed by atoms with Crippen LogP contribution in [0.3, 0.4) is 0 Å². The van der Waals surface area contributed by atoms with Crippen molar-refractivity contribution in [2.45, 2.75) is 33.2 Å². The first-order chi connectivity index (χ1) is 9.24. The van der Waals surface area contributed by atoms with Gasteiger partial charge in [0.15, 0.2) is 0 Å². The first-order valence-corrected chi connectivity index (χ1v) is 6.76. The van der Waals surface area contributed by atoms with Crippen LogP contribution in [-0.4, -0.2) is 26.5 Å². The second-order valence-corrected chi connectivity index (χ2v) is 4.88. The highest BCUT2D eigenvalue weighted by molar-refractivity contribution is 5.26. The molecule has 0 bridgehead atoms. The minimum Gasteiger partial charge on any atom is -0.396 e. The van der Waals surface area contributed by atoms with Crippen molar-refractivity contribution in [1.82, 2.24) is 14.8 Å². The van der Waals surface area contributed by atoms with Crippen molar-refractivity contribution in [2.75, 3.05) is 6.61 Å². The summed E-state index contributed by atoms with van der Waals surface area (Å²) in [6.07, 6.45) is 3.22. The van der Waals surface area contributed by atoms with E-state index in [4.69, 9.17) is 0 Å². The first-order valence-electron chi connectivity index (χ1n) is 6.76. The fourth-order valence-corrected chi connectivity index (χ4v) is 2.32. The number of aliphatic hydroxyl groups excluding tert-OH is 1. The van der Waals surface area contributed by atoms with Gasteiger partial charge in [-0.2, -0.15) is 5.10 Å². The highest BCUT2D eigenvalue weighted by Crippen LogP contribution is 2.16. The van der Waals surface area contributed by atoms with Gasteiger partial charge in [-0.15, -0.1) is 0 Å². The molecule has 1 N–H and O–H groups in total. The average Bonchev–Trinajstić information content (AvgIpc) is 2.87. The lowest BCUT2D eigenvalue weighted by molar-refractivity contribution is 0.221. The lowest BCUT2D eigenvalue weighted by Crippen LogP contribution is -2.17. The Balaban J connectivity index is 2.07. The summed E-state index contributed by atoms with van der Waals surface area (Å²) in [6, 6.07) is 8.33. The summed E-state index contributed by atoms with van der Waals surface area (Å²) < 4.78 is 1.89. The Morgan fingerprint density at radius 3 is 2.74 bits per heavy atom. The Morgan fingerprint density at radius 2 is 2.05 bits per heavy atom. The van der Waals surface area contributed by atoms with Gasteiger partial charge in [-0.3, -0.25) is 4.68 Å². The van der Waals surface area contributed by atoms with Gasteiger partial charge in [0.25, 0.3) is 0 Å². The maximum Gasteiger partial charge on any atom is 0.138 e. The molecule has 2 rings (SSSR count). The van der Waals surface area contributed by atoms with Gasteiger partial charge in [0, 0.05) is 19.6 Å². The summed E-state index contributed by atoms with van der Waals surface area (Å²) in [5.74, 6) is 1.14. The smallest absolute Gasteiger partial charge is 0.138 e. The molecular formula is C15H21N3O. The minimum absolute atomic E-state index is 0.172. The van der Waals surface area contributed by atoms with Crippen LogP contribution >= 0.6 is 0 Å². The standard InChI is InChI=1S/C15H21N3O/c1-3-18-15(16-11-17-18)9-13(10-19)8-14-7-5-4-6-12(14)2/h4-7,11,13,19H,3,8-10H2,1-2H3. The van der Waals surface area contributed by atoms with E-state index in [1.54, 1.807) is 6.33 Å². The van der Waals surface area contributed by atoms with E-state index in [0.29, 0.717) is 0 Å². The maximum absolute atomic E-state index is 9.58. The molecule has 0 aliphatic heterocycles. The van der Waals surface area contributed by atoms with E-state index in [1.807, 2.05) is 23.7 Å². The number of nitrogens with zero attached hydrogens (tertiary/aromatic N) is 3. The lowest BCUT2D eigenvalue weighted by Gasteiger charge is -2.15. The second kappa shape index (κ2) is 6.48. The molecule has 1 heterocycles. The Morgan fingerprint density at radius 1 is 1.26 bits per heavy atom. The van der Waals surface area contributed by atoms with Crippen LogP contribution in [0, 0.1) is 12.8 Å². The molecule has 1 unspecified atom stereocenters. The molecular weight excluding hydrogens is 238 g/mol. The van der Waals surface area contributed by atoms with Crippen LogP contribution in [0.15, 0.2) is 30.6 Å². The van der Waals surface area contributed by atoms with E-state index < -0.39 is 0 Å². The molecule has 2 aromatic rings. The minimum atomic E-state index is 0.172. The Labute approximate surface area is 114 Å². The predicted molar refractivity (Wildman–Crippen MR) is 74.9 cm³/mol. The second-order valence-electron chi connectivity index (χ2n) is 4.88. The third-order valence-corrected chi connectivity index (χ3v) is 3.49. The van der Waals surface area contributed by atoms with Gasteiger partial charge < -0.3 is 5.11 Å². The summed E-state index contributed by atoms with van der Waals surface area (Å²) in [6.45, 7) is 5.15. The van der Waals surface area contributed by atoms with E-state index in [2.05, 4.69) is 29.1 Å². The van der Waals surface area contributed by atoms with Crippen molar-refractivity contribution in [3.8, 4) is 0 Å². The molecule has 0 spiro atoms. The first kappa shape index (κ1) is 13.7. The molecule has 0 saturated carbocycles. The maximum atomic E-state index is 9.58. The Bertz CT molecular complexity index is 522. The van der Waals surface area contributed by atoms with Crippen LogP contribution in [0.5, 0.6) is 0 Å². The summed E-state index contributed by atoms with van der Waals surface area (Å²) in [5.41, 5.74) is 2.57. The highest BCUT2D eigenvalue weighted by Gasteiger charge is 2.14. The van der Waals surface area contributed by atoms with Crippen molar-refractivity contribution in [1.29, 1.82) is 0 Å². The molecule has 0 aliphatic carbocycles. The van der Waals surface area contributed by atoms with E-state index in [1.165, 1.54) is 11.1 Å². The van der Waals surface area contributed by atoms with E-state index in [0.717, 1.165) is 25.2 Å². The molecule has 1 atom stereocenters. The summed E-state index contributed by atoms with van der Waals surface area (Å²) in [4.78, 5) is 4.28. The predicted octanol–water partition coefficient (Wildman–Crippen LogP) is 2.00. The fraction of sp³-hybridized carbons (Fsp3) is 0.467. The van der Waals surface area contributed by atoms with Gasteiger partial charge >= 0.3 is 0 Å². The van der Waals surface area contributed by atoms with E-state index in [9.17, 15) is 5.11 Å². The molecule has 0 amide bonds. The largest absolute Gasteiger partial charge is 0.396 e. The van der Waals surface area contributed by atoms with Crippen LogP contribution in [0.4, 0.5) is 0 Å². The number of aryl methyl sites for hydroxylation is 2. The number of aromatic nitrogens is 3. The monoisotopic (exact) mass is 259 g/mol. The molecule has 0 saturated heterocycles. The number of benzene rings is 1. The molecule has 0 fully saturated rings. The normalized spacial score (nSPS) is 12.6. The number of rotatable bonds is 6. The van der Waals surface area contributed by atoms with Crippen molar-refractivity contribution < 1.29 is 5.11 Å². The van der Waals surface area contributed by atoms with E-state index in [-0.39, 0.29) is 12.5 Å². The zero-order chi connectivity index (χ0) is 13.7. The Kier molecular flexibility index (Phi) is 4.68. The average molecular weight is 259 g/mol. The Hall–Kier alpha value is -1.68. The third kappa shape index (κ3) is 3.41. The molecule has 4 heteroatoms. The van der Waals surface area contributed by atoms with Gasteiger partial charge in [0.2, 0.25) is 0 Å². The lowest BCUT2D eigenvalue weighted by atomic mass is 9.94. The number of aliphatic hydroxyl groups is 1. The number of hydrogen-bond acceptors (Lipinski definition) is 3. The third-order valence-electron chi connectivity index (χ3n) is 3.49. The van der Waals surface area contributed by atoms with Gasteiger partial charge in [0.1, 0.15) is 12.2 Å². The zero-order valence-electron chi connectivity index (χ0n) is 11.6. The van der Waals surface area contributed by atoms with Crippen LogP contribution in [0.1, 0.15) is 23.9 Å². The topological polar surface area (TPSA) is 50.9 Å². The van der Waals surface area contributed by atoms with Gasteiger partial charge in [-0.25, -0.2) is 4.98 Å². The number of hydrogen-bond donors (Lipinski definition) is 1. The van der Waals surface area contributed by atoms with Crippen molar-refractivity contribution in [2.24, 2.45) is 5.92 Å². The van der Waals surface area contributed by atoms with Crippen LogP contribution < -0.4 is 0 Å². The van der Waals surface area contributed by atoms with Crippen LogP contribution in [-0.2, 0) is 19.4 Å². The highest BCUT2D eigenvalue weighted by atomic mass is 16.3. The molecule has 1 aromatic heterocycles. The van der Waals surface area contributed by atoms with Gasteiger partial charge in [0.05, 0.1) is 0 Å². The van der Waals surface area contributed by atoms with Gasteiger partial charge in [-0.1, -0.05) is 24.3 Å². The molecule has 0 aliphatic rings. The van der Waals surface area contributed by atoms with Crippen molar-refractivity contribution in [3.63, 3.8) is 0 Å². The summed E-state index contributed by atoms with van der Waals surface area (Å²) >= 11 is 0. The molecule has 0 radical (unpaired) electrons. The van der Waals surface area contributed by atoms with Gasteiger partial charge in [-0.05, 0) is 37.3 Å². The SMILES string of the molecule is CCn1ncnc1CC(CO)Cc1ccccc1C. The molecule has 4 nitrogen and oxygen atoms in total. The quantitative estimate of drug-likeness (QED) is 0.863. The van der Waals surface area contributed by atoms with Crippen LogP contribution in [0.25, 0.3) is 0 Å². The fourth-order valence-electron chi connectivity index (χ4n) is 2.32. The molecule has 1 aromatic carbocycles. The molecule has 102 valence electrons. The van der Waals surface area contributed by atoms with Crippen molar-refractivity contribution >= 4 is 0 Å². The zero-order valence-corrected chi connectivity index (χ0v) is 11.6. The van der Waals surface area contributed by atoms with Crippen LogP contribution in [0.2, 0.25) is 0 Å². The van der Waals surface area contributed by atoms with E-state index >= 15 is 0 Å². The summed E-state index contributed by atoms with van der Waals surface area (Å²) in [5, 5.41) is 13.8. The van der Waals surface area contributed by atoms with Crippen molar-refractivity contribution in [3.05, 3.63) is 47.5 Å². The molecule has 19 heavy (non-hydrogen) atoms. The summed E-state index contributed by atoms with van der Waals surface area (Å²) in [7, 11) is 0.